The number of aliphatic hydroxyl groups excluding tert-OH is 1. The minimum atomic E-state index is -0.328. The molecular formula is C21H18BrNO4. The number of carbonyl (C=O) groups is 1. The molecule has 3 rings (SSSR count). The molecular weight excluding hydrogens is 410 g/mol. The molecule has 27 heavy (non-hydrogen) atoms. The Bertz CT molecular complexity index is 915. The molecule has 0 unspecified atom stereocenters. The highest BCUT2D eigenvalue weighted by molar-refractivity contribution is 9.10. The monoisotopic (exact) mass is 427 g/mol. The van der Waals surface area contributed by atoms with Crippen molar-refractivity contribution in [2.45, 2.75) is 6.61 Å². The number of halogens is 1. The lowest BCUT2D eigenvalue weighted by Gasteiger charge is -2.13. The van der Waals surface area contributed by atoms with E-state index in [4.69, 9.17) is 9.47 Å². The van der Waals surface area contributed by atoms with Gasteiger partial charge < -0.3 is 19.9 Å². The van der Waals surface area contributed by atoms with Crippen molar-refractivity contribution < 1.29 is 19.4 Å². The number of rotatable bonds is 7. The Labute approximate surface area is 165 Å². The molecule has 3 aromatic carbocycles. The van der Waals surface area contributed by atoms with E-state index in [-0.39, 0.29) is 19.1 Å². The maximum Gasteiger partial charge on any atom is 0.262 e. The summed E-state index contributed by atoms with van der Waals surface area (Å²) in [6, 6.07) is 21.8. The van der Waals surface area contributed by atoms with Crippen LogP contribution in [0.4, 0.5) is 5.69 Å². The molecule has 3 aromatic rings. The van der Waals surface area contributed by atoms with Gasteiger partial charge in [0.05, 0.1) is 12.3 Å². The van der Waals surface area contributed by atoms with Crippen LogP contribution in [0.5, 0.6) is 17.2 Å². The standard InChI is InChI=1S/C21H18BrNO4/c22-16-10-11-19(15(12-16)13-24)26-14-21(25)23-18-8-4-5-9-20(18)27-17-6-2-1-3-7-17/h1-12,24H,13-14H2,(H,23,25). The Kier molecular flexibility index (Phi) is 6.46. The average Bonchev–Trinajstić information content (AvgIpc) is 2.69. The lowest BCUT2D eigenvalue weighted by Crippen LogP contribution is -2.20. The van der Waals surface area contributed by atoms with Gasteiger partial charge >= 0.3 is 0 Å². The zero-order valence-corrected chi connectivity index (χ0v) is 16.0. The Morgan fingerprint density at radius 2 is 1.70 bits per heavy atom. The molecule has 138 valence electrons. The summed E-state index contributed by atoms with van der Waals surface area (Å²) in [6.45, 7) is -0.363. The molecule has 0 saturated carbocycles. The number of carbonyl (C=O) groups excluding carboxylic acids is 1. The van der Waals surface area contributed by atoms with E-state index in [0.717, 1.165) is 4.47 Å². The third-order valence-corrected chi connectivity index (χ3v) is 4.18. The van der Waals surface area contributed by atoms with Crippen LogP contribution in [0.1, 0.15) is 5.56 Å². The van der Waals surface area contributed by atoms with Crippen LogP contribution in [-0.4, -0.2) is 17.6 Å². The van der Waals surface area contributed by atoms with Gasteiger partial charge in [-0.25, -0.2) is 0 Å². The molecule has 0 radical (unpaired) electrons. The zero-order chi connectivity index (χ0) is 19.1. The quantitative estimate of drug-likeness (QED) is 0.570. The first-order valence-corrected chi connectivity index (χ1v) is 9.09. The Morgan fingerprint density at radius 3 is 2.48 bits per heavy atom. The highest BCUT2D eigenvalue weighted by Crippen LogP contribution is 2.29. The van der Waals surface area contributed by atoms with Crippen molar-refractivity contribution in [3.63, 3.8) is 0 Å². The number of para-hydroxylation sites is 3. The van der Waals surface area contributed by atoms with Crippen LogP contribution in [-0.2, 0) is 11.4 Å². The number of hydrogen-bond acceptors (Lipinski definition) is 4. The molecule has 0 bridgehead atoms. The number of amides is 1. The summed E-state index contributed by atoms with van der Waals surface area (Å²) in [5.41, 5.74) is 1.15. The summed E-state index contributed by atoms with van der Waals surface area (Å²) in [6.07, 6.45) is 0. The predicted octanol–water partition coefficient (Wildman–Crippen LogP) is 4.75. The van der Waals surface area contributed by atoms with Gasteiger partial charge in [0.1, 0.15) is 11.5 Å². The highest BCUT2D eigenvalue weighted by atomic mass is 79.9. The summed E-state index contributed by atoms with van der Waals surface area (Å²) in [5.74, 6) is 1.35. The molecule has 0 aromatic heterocycles. The summed E-state index contributed by atoms with van der Waals surface area (Å²) >= 11 is 3.34. The Morgan fingerprint density at radius 1 is 0.963 bits per heavy atom. The zero-order valence-electron chi connectivity index (χ0n) is 14.4. The van der Waals surface area contributed by atoms with E-state index in [2.05, 4.69) is 21.2 Å². The van der Waals surface area contributed by atoms with Crippen molar-refractivity contribution in [2.24, 2.45) is 0 Å². The summed E-state index contributed by atoms with van der Waals surface area (Å²) < 4.78 is 12.2. The molecule has 6 heteroatoms. The summed E-state index contributed by atoms with van der Waals surface area (Å²) in [5, 5.41) is 12.2. The lowest BCUT2D eigenvalue weighted by molar-refractivity contribution is -0.118. The molecule has 0 spiro atoms. The van der Waals surface area contributed by atoms with E-state index in [9.17, 15) is 9.90 Å². The molecule has 0 aliphatic rings. The first-order chi connectivity index (χ1) is 13.2. The molecule has 0 aliphatic heterocycles. The van der Waals surface area contributed by atoms with E-state index in [1.807, 2.05) is 42.5 Å². The van der Waals surface area contributed by atoms with Crippen LogP contribution >= 0.6 is 15.9 Å². The van der Waals surface area contributed by atoms with E-state index in [1.165, 1.54) is 0 Å². The average molecular weight is 428 g/mol. The van der Waals surface area contributed by atoms with Gasteiger partial charge in [0.25, 0.3) is 5.91 Å². The molecule has 0 heterocycles. The molecule has 0 saturated heterocycles. The fourth-order valence-electron chi connectivity index (χ4n) is 2.42. The molecule has 5 nitrogen and oxygen atoms in total. The van der Waals surface area contributed by atoms with Gasteiger partial charge in [-0.05, 0) is 42.5 Å². The van der Waals surface area contributed by atoms with Gasteiger partial charge in [0.2, 0.25) is 0 Å². The first kappa shape index (κ1) is 18.9. The smallest absolute Gasteiger partial charge is 0.262 e. The summed E-state index contributed by atoms with van der Waals surface area (Å²) in [7, 11) is 0. The van der Waals surface area contributed by atoms with E-state index < -0.39 is 0 Å². The minimum Gasteiger partial charge on any atom is -0.483 e. The first-order valence-electron chi connectivity index (χ1n) is 8.29. The van der Waals surface area contributed by atoms with Crippen molar-refractivity contribution in [2.75, 3.05) is 11.9 Å². The van der Waals surface area contributed by atoms with Gasteiger partial charge in [0, 0.05) is 10.0 Å². The molecule has 0 fully saturated rings. The number of anilines is 1. The van der Waals surface area contributed by atoms with E-state index >= 15 is 0 Å². The second-order valence-electron chi connectivity index (χ2n) is 5.66. The highest BCUT2D eigenvalue weighted by Gasteiger charge is 2.11. The second kappa shape index (κ2) is 9.21. The number of hydrogen-bond donors (Lipinski definition) is 2. The fraction of sp³-hybridized carbons (Fsp3) is 0.0952. The van der Waals surface area contributed by atoms with Gasteiger partial charge in [0.15, 0.2) is 12.4 Å². The van der Waals surface area contributed by atoms with Crippen LogP contribution in [0.2, 0.25) is 0 Å². The van der Waals surface area contributed by atoms with Gasteiger partial charge in [-0.2, -0.15) is 0 Å². The molecule has 0 aliphatic carbocycles. The topological polar surface area (TPSA) is 67.8 Å². The van der Waals surface area contributed by atoms with Crippen LogP contribution < -0.4 is 14.8 Å². The van der Waals surface area contributed by atoms with Gasteiger partial charge in [-0.3, -0.25) is 4.79 Å². The van der Waals surface area contributed by atoms with Crippen molar-refractivity contribution in [3.8, 4) is 17.2 Å². The molecule has 1 amide bonds. The van der Waals surface area contributed by atoms with Crippen molar-refractivity contribution >= 4 is 27.5 Å². The number of aliphatic hydroxyl groups is 1. The largest absolute Gasteiger partial charge is 0.483 e. The Balaban J connectivity index is 1.65. The summed E-state index contributed by atoms with van der Waals surface area (Å²) in [4.78, 5) is 12.3. The number of nitrogens with one attached hydrogen (secondary N) is 1. The lowest BCUT2D eigenvalue weighted by atomic mass is 10.2. The normalized spacial score (nSPS) is 10.3. The maximum absolute atomic E-state index is 12.3. The minimum absolute atomic E-state index is 0.176. The van der Waals surface area contributed by atoms with Crippen LogP contribution in [0, 0.1) is 0 Å². The number of ether oxygens (including phenoxy) is 2. The third-order valence-electron chi connectivity index (χ3n) is 3.68. The van der Waals surface area contributed by atoms with Crippen LogP contribution in [0.25, 0.3) is 0 Å². The molecule has 0 atom stereocenters. The number of benzene rings is 3. The predicted molar refractivity (Wildman–Crippen MR) is 107 cm³/mol. The fourth-order valence-corrected chi connectivity index (χ4v) is 2.82. The maximum atomic E-state index is 12.3. The van der Waals surface area contributed by atoms with Gasteiger partial charge in [-0.1, -0.05) is 46.3 Å². The third kappa shape index (κ3) is 5.32. The molecule has 2 N–H and O–H groups in total. The van der Waals surface area contributed by atoms with Gasteiger partial charge in [-0.15, -0.1) is 0 Å². The SMILES string of the molecule is O=C(COc1ccc(Br)cc1CO)Nc1ccccc1Oc1ccccc1. The van der Waals surface area contributed by atoms with Crippen LogP contribution in [0.3, 0.4) is 0 Å². The van der Waals surface area contributed by atoms with Crippen LogP contribution in [0.15, 0.2) is 77.3 Å². The van der Waals surface area contributed by atoms with Crippen molar-refractivity contribution in [1.29, 1.82) is 0 Å². The van der Waals surface area contributed by atoms with E-state index in [0.29, 0.717) is 28.5 Å². The second-order valence-corrected chi connectivity index (χ2v) is 6.57. The van der Waals surface area contributed by atoms with Crippen molar-refractivity contribution in [3.05, 3.63) is 82.8 Å². The Hall–Kier alpha value is -2.83. The van der Waals surface area contributed by atoms with E-state index in [1.54, 1.807) is 30.3 Å². The van der Waals surface area contributed by atoms with Crippen molar-refractivity contribution in [1.82, 2.24) is 0 Å².